The largest absolute Gasteiger partial charge is 0.398 e. The number of ketones is 1. The molecule has 2 aromatic carbocycles. The highest BCUT2D eigenvalue weighted by Gasteiger charge is 2.07. The molecule has 0 aromatic heterocycles. The van der Waals surface area contributed by atoms with E-state index in [1.807, 2.05) is 0 Å². The van der Waals surface area contributed by atoms with E-state index in [1.165, 1.54) is 18.2 Å². The molecule has 0 aliphatic heterocycles. The number of hydrogen-bond acceptors (Lipinski definition) is 3. The predicted molar refractivity (Wildman–Crippen MR) is 75.1 cm³/mol. The second-order valence-electron chi connectivity index (χ2n) is 4.02. The van der Waals surface area contributed by atoms with Crippen LogP contribution in [-0.4, -0.2) is 12.3 Å². The molecule has 3 nitrogen and oxygen atoms in total. The van der Waals surface area contributed by atoms with Gasteiger partial charge >= 0.3 is 0 Å². The number of carbonyl (C=O) groups is 1. The lowest BCUT2D eigenvalue weighted by molar-refractivity contribution is 0.101. The van der Waals surface area contributed by atoms with E-state index in [1.54, 1.807) is 24.3 Å². The van der Waals surface area contributed by atoms with Crippen LogP contribution in [0.3, 0.4) is 0 Å². The van der Waals surface area contributed by atoms with Gasteiger partial charge in [-0.1, -0.05) is 11.6 Å². The highest BCUT2D eigenvalue weighted by molar-refractivity contribution is 6.33. The van der Waals surface area contributed by atoms with Gasteiger partial charge in [-0.15, -0.1) is 0 Å². The van der Waals surface area contributed by atoms with E-state index in [-0.39, 0.29) is 18.1 Å². The summed E-state index contributed by atoms with van der Waals surface area (Å²) in [7, 11) is 0. The van der Waals surface area contributed by atoms with Crippen molar-refractivity contribution in [3.05, 3.63) is 58.9 Å². The first-order valence-corrected chi connectivity index (χ1v) is 6.02. The Kier molecular flexibility index (Phi) is 4.02. The van der Waals surface area contributed by atoms with Crippen molar-refractivity contribution in [3.8, 4) is 0 Å². The van der Waals surface area contributed by atoms with Crippen LogP contribution < -0.4 is 11.1 Å². The minimum Gasteiger partial charge on any atom is -0.398 e. The highest BCUT2D eigenvalue weighted by atomic mass is 35.5. The lowest BCUT2D eigenvalue weighted by atomic mass is 10.1. The maximum Gasteiger partial charge on any atom is 0.181 e. The SMILES string of the molecule is Nc1cc(C(=O)CNc2ccc(F)cc2)ccc1Cl. The van der Waals surface area contributed by atoms with Gasteiger partial charge in [-0.25, -0.2) is 4.39 Å². The number of benzene rings is 2. The van der Waals surface area contributed by atoms with Gasteiger partial charge < -0.3 is 11.1 Å². The van der Waals surface area contributed by atoms with Crippen LogP contribution in [0.15, 0.2) is 42.5 Å². The molecule has 3 N–H and O–H groups in total. The normalized spacial score (nSPS) is 10.2. The highest BCUT2D eigenvalue weighted by Crippen LogP contribution is 2.19. The zero-order valence-corrected chi connectivity index (χ0v) is 10.7. The van der Waals surface area contributed by atoms with Crippen molar-refractivity contribution < 1.29 is 9.18 Å². The maximum atomic E-state index is 12.7. The topological polar surface area (TPSA) is 55.1 Å². The molecular formula is C14H12ClFN2O. The summed E-state index contributed by atoms with van der Waals surface area (Å²) in [6.07, 6.45) is 0. The molecule has 0 aliphatic carbocycles. The number of anilines is 2. The summed E-state index contributed by atoms with van der Waals surface area (Å²) in [6.45, 7) is 0.104. The standard InChI is InChI=1S/C14H12ClFN2O/c15-12-6-1-9(7-13(12)17)14(19)8-18-11-4-2-10(16)3-5-11/h1-7,18H,8,17H2. The average molecular weight is 279 g/mol. The van der Waals surface area contributed by atoms with E-state index in [4.69, 9.17) is 17.3 Å². The van der Waals surface area contributed by atoms with Gasteiger partial charge in [0.2, 0.25) is 0 Å². The molecule has 98 valence electrons. The number of halogens is 2. The van der Waals surface area contributed by atoms with Crippen LogP contribution in [0.25, 0.3) is 0 Å². The van der Waals surface area contributed by atoms with Crippen LogP contribution in [0.5, 0.6) is 0 Å². The molecule has 19 heavy (non-hydrogen) atoms. The quantitative estimate of drug-likeness (QED) is 0.666. The van der Waals surface area contributed by atoms with Crippen LogP contribution in [0, 0.1) is 5.82 Å². The molecule has 0 heterocycles. The average Bonchev–Trinajstić information content (AvgIpc) is 2.41. The van der Waals surface area contributed by atoms with Crippen LogP contribution in [-0.2, 0) is 0 Å². The van der Waals surface area contributed by atoms with Crippen molar-refractivity contribution in [2.45, 2.75) is 0 Å². The van der Waals surface area contributed by atoms with E-state index in [2.05, 4.69) is 5.32 Å². The Hall–Kier alpha value is -2.07. The van der Waals surface area contributed by atoms with Crippen molar-refractivity contribution in [2.75, 3.05) is 17.6 Å². The summed E-state index contributed by atoms with van der Waals surface area (Å²) in [5.41, 5.74) is 7.17. The Morgan fingerprint density at radius 2 is 1.89 bits per heavy atom. The van der Waals surface area contributed by atoms with Crippen molar-refractivity contribution in [1.82, 2.24) is 0 Å². The zero-order chi connectivity index (χ0) is 13.8. The third-order valence-electron chi connectivity index (χ3n) is 2.62. The van der Waals surface area contributed by atoms with Gasteiger partial charge in [-0.2, -0.15) is 0 Å². The molecule has 0 radical (unpaired) electrons. The minimum absolute atomic E-state index is 0.104. The molecule has 0 spiro atoms. The van der Waals surface area contributed by atoms with E-state index in [0.29, 0.717) is 22.0 Å². The van der Waals surface area contributed by atoms with Gasteiger partial charge in [0.05, 0.1) is 17.3 Å². The van der Waals surface area contributed by atoms with Crippen LogP contribution in [0.2, 0.25) is 5.02 Å². The Balaban J connectivity index is 2.01. The number of nitrogens with two attached hydrogens (primary N) is 1. The Morgan fingerprint density at radius 3 is 2.53 bits per heavy atom. The molecule has 0 bridgehead atoms. The van der Waals surface area contributed by atoms with Gasteiger partial charge in [0.25, 0.3) is 0 Å². The molecule has 0 aliphatic rings. The monoisotopic (exact) mass is 278 g/mol. The number of nitrogen functional groups attached to an aromatic ring is 1. The van der Waals surface area contributed by atoms with Crippen LogP contribution in [0.1, 0.15) is 10.4 Å². The third kappa shape index (κ3) is 3.45. The molecule has 0 unspecified atom stereocenters. The third-order valence-corrected chi connectivity index (χ3v) is 2.96. The summed E-state index contributed by atoms with van der Waals surface area (Å²) < 4.78 is 12.7. The number of nitrogens with one attached hydrogen (secondary N) is 1. The van der Waals surface area contributed by atoms with Gasteiger partial charge in [0, 0.05) is 11.3 Å². The van der Waals surface area contributed by atoms with Gasteiger partial charge in [-0.3, -0.25) is 4.79 Å². The van der Waals surface area contributed by atoms with Gasteiger partial charge in [0.15, 0.2) is 5.78 Å². The molecule has 2 aromatic rings. The van der Waals surface area contributed by atoms with Crippen molar-refractivity contribution >= 4 is 28.8 Å². The molecule has 0 saturated heterocycles. The van der Waals surface area contributed by atoms with E-state index in [0.717, 1.165) is 0 Å². The Labute approximate surface area is 115 Å². The van der Waals surface area contributed by atoms with Crippen molar-refractivity contribution in [1.29, 1.82) is 0 Å². The fraction of sp³-hybridized carbons (Fsp3) is 0.0714. The van der Waals surface area contributed by atoms with Crippen LogP contribution >= 0.6 is 11.6 Å². The second kappa shape index (κ2) is 5.71. The van der Waals surface area contributed by atoms with Crippen molar-refractivity contribution in [3.63, 3.8) is 0 Å². The summed E-state index contributed by atoms with van der Waals surface area (Å²) in [5.74, 6) is -0.435. The fourth-order valence-electron chi connectivity index (χ4n) is 1.57. The lowest BCUT2D eigenvalue weighted by Crippen LogP contribution is -2.14. The number of rotatable bonds is 4. The summed E-state index contributed by atoms with van der Waals surface area (Å²) in [6, 6.07) is 10.5. The van der Waals surface area contributed by atoms with Crippen LogP contribution in [0.4, 0.5) is 15.8 Å². The summed E-state index contributed by atoms with van der Waals surface area (Å²) in [5, 5.41) is 3.33. The Bertz CT molecular complexity index is 599. The fourth-order valence-corrected chi connectivity index (χ4v) is 1.69. The molecule has 0 atom stereocenters. The van der Waals surface area contributed by atoms with E-state index >= 15 is 0 Å². The zero-order valence-electron chi connectivity index (χ0n) is 9.99. The smallest absolute Gasteiger partial charge is 0.181 e. The first-order chi connectivity index (χ1) is 9.06. The van der Waals surface area contributed by atoms with Gasteiger partial charge in [0.1, 0.15) is 5.82 Å². The summed E-state index contributed by atoms with van der Waals surface area (Å²) in [4.78, 5) is 11.9. The number of carbonyl (C=O) groups excluding carboxylic acids is 1. The molecule has 0 amide bonds. The molecule has 0 saturated carbocycles. The van der Waals surface area contributed by atoms with Gasteiger partial charge in [-0.05, 0) is 42.5 Å². The lowest BCUT2D eigenvalue weighted by Gasteiger charge is -2.06. The summed E-state index contributed by atoms with van der Waals surface area (Å²) >= 11 is 5.79. The molecule has 0 fully saturated rings. The first kappa shape index (κ1) is 13.4. The second-order valence-corrected chi connectivity index (χ2v) is 4.43. The van der Waals surface area contributed by atoms with E-state index < -0.39 is 0 Å². The van der Waals surface area contributed by atoms with E-state index in [9.17, 15) is 9.18 Å². The Morgan fingerprint density at radius 1 is 1.21 bits per heavy atom. The minimum atomic E-state index is -0.317. The predicted octanol–water partition coefficient (Wildman–Crippen LogP) is 3.36. The first-order valence-electron chi connectivity index (χ1n) is 5.64. The molecular weight excluding hydrogens is 267 g/mol. The number of Topliss-reactive ketones (excluding diaryl/α,β-unsaturated/α-hetero) is 1. The molecule has 5 heteroatoms. The van der Waals surface area contributed by atoms with Crippen molar-refractivity contribution in [2.24, 2.45) is 0 Å². The maximum absolute atomic E-state index is 12.7. The number of hydrogen-bond donors (Lipinski definition) is 2. The molecule has 2 rings (SSSR count).